The van der Waals surface area contributed by atoms with Crippen LogP contribution in [0.2, 0.25) is 0 Å². The third kappa shape index (κ3) is 5.17. The zero-order valence-electron chi connectivity index (χ0n) is 15.6. The Bertz CT molecular complexity index is 554. The van der Waals surface area contributed by atoms with Crippen molar-refractivity contribution < 1.29 is 28.5 Å². The molecule has 6 heteroatoms. The Morgan fingerprint density at radius 2 is 1.96 bits per heavy atom. The van der Waals surface area contributed by atoms with Crippen molar-refractivity contribution in [1.29, 1.82) is 0 Å². The van der Waals surface area contributed by atoms with Crippen molar-refractivity contribution in [3.63, 3.8) is 0 Å². The normalized spacial score (nSPS) is 21.6. The van der Waals surface area contributed by atoms with Crippen molar-refractivity contribution in [3.8, 4) is 5.75 Å². The molecule has 1 heterocycles. The van der Waals surface area contributed by atoms with Gasteiger partial charge in [0.15, 0.2) is 11.9 Å². The van der Waals surface area contributed by atoms with E-state index in [2.05, 4.69) is 0 Å². The number of hydrogen-bond acceptors (Lipinski definition) is 6. The van der Waals surface area contributed by atoms with E-state index in [9.17, 15) is 4.79 Å². The molecule has 0 aliphatic carbocycles. The summed E-state index contributed by atoms with van der Waals surface area (Å²) in [4.78, 5) is 12.1. The minimum absolute atomic E-state index is 0.313. The molecule has 1 aromatic rings. The van der Waals surface area contributed by atoms with E-state index in [0.717, 1.165) is 11.3 Å². The summed E-state index contributed by atoms with van der Waals surface area (Å²) >= 11 is 0. The second-order valence-corrected chi connectivity index (χ2v) is 6.35. The highest BCUT2D eigenvalue weighted by molar-refractivity contribution is 5.74. The Hall–Kier alpha value is -1.63. The van der Waals surface area contributed by atoms with Crippen LogP contribution in [-0.4, -0.2) is 44.3 Å². The van der Waals surface area contributed by atoms with Gasteiger partial charge in [-0.1, -0.05) is 19.1 Å². The second kappa shape index (κ2) is 8.65. The molecule has 6 nitrogen and oxygen atoms in total. The highest BCUT2D eigenvalue weighted by atomic mass is 16.7. The standard InChI is InChI=1S/C19H28O6/c1-6-15(18(20)22-7-2)24-17(16-12-23-19(3,4)25-16)13-8-10-14(21-5)11-9-13/h8-11,15-17H,6-7,12H2,1-5H3/t15-,16+,17+/m0/s1. The lowest BCUT2D eigenvalue weighted by Crippen LogP contribution is -2.34. The van der Waals surface area contributed by atoms with Crippen LogP contribution in [-0.2, 0) is 23.7 Å². The van der Waals surface area contributed by atoms with E-state index < -0.39 is 18.0 Å². The Labute approximate surface area is 149 Å². The first-order chi connectivity index (χ1) is 11.9. The Morgan fingerprint density at radius 1 is 1.28 bits per heavy atom. The van der Waals surface area contributed by atoms with E-state index in [4.69, 9.17) is 23.7 Å². The SMILES string of the molecule is CCOC(=O)[C@H](CC)O[C@H](c1ccc(OC)cc1)[C@H]1COC(C)(C)O1. The summed E-state index contributed by atoms with van der Waals surface area (Å²) in [6, 6.07) is 7.54. The van der Waals surface area contributed by atoms with Gasteiger partial charge in [-0.25, -0.2) is 4.79 Å². The molecule has 1 aromatic carbocycles. The summed E-state index contributed by atoms with van der Waals surface area (Å²) in [6.07, 6.45) is -0.893. The largest absolute Gasteiger partial charge is 0.497 e. The fraction of sp³-hybridized carbons (Fsp3) is 0.632. The lowest BCUT2D eigenvalue weighted by molar-refractivity contribution is -0.178. The molecule has 0 N–H and O–H groups in total. The number of carbonyl (C=O) groups is 1. The van der Waals surface area contributed by atoms with Gasteiger partial charge in [-0.15, -0.1) is 0 Å². The number of hydrogen-bond donors (Lipinski definition) is 0. The smallest absolute Gasteiger partial charge is 0.335 e. The van der Waals surface area contributed by atoms with Gasteiger partial charge in [-0.3, -0.25) is 0 Å². The molecule has 2 rings (SSSR count). The van der Waals surface area contributed by atoms with E-state index in [-0.39, 0.29) is 12.1 Å². The molecule has 0 bridgehead atoms. The average molecular weight is 352 g/mol. The van der Waals surface area contributed by atoms with Crippen LogP contribution >= 0.6 is 0 Å². The summed E-state index contributed by atoms with van der Waals surface area (Å²) in [5.74, 6) is -0.282. The van der Waals surface area contributed by atoms with Crippen molar-refractivity contribution in [2.24, 2.45) is 0 Å². The van der Waals surface area contributed by atoms with E-state index in [1.807, 2.05) is 45.0 Å². The lowest BCUT2D eigenvalue weighted by atomic mass is 10.0. The molecule has 1 aliphatic rings. The van der Waals surface area contributed by atoms with E-state index >= 15 is 0 Å². The first kappa shape index (κ1) is 19.7. The van der Waals surface area contributed by atoms with Gasteiger partial charge >= 0.3 is 5.97 Å². The number of esters is 1. The summed E-state index contributed by atoms with van der Waals surface area (Å²) in [7, 11) is 1.62. The zero-order chi connectivity index (χ0) is 18.4. The monoisotopic (exact) mass is 352 g/mol. The van der Waals surface area contributed by atoms with Gasteiger partial charge < -0.3 is 23.7 Å². The van der Waals surface area contributed by atoms with Crippen molar-refractivity contribution >= 4 is 5.97 Å². The Balaban J connectivity index is 2.23. The molecule has 0 saturated carbocycles. The molecule has 25 heavy (non-hydrogen) atoms. The second-order valence-electron chi connectivity index (χ2n) is 6.35. The third-order valence-corrected chi connectivity index (χ3v) is 4.04. The maximum absolute atomic E-state index is 12.1. The number of benzene rings is 1. The zero-order valence-corrected chi connectivity index (χ0v) is 15.6. The average Bonchev–Trinajstić information content (AvgIpc) is 2.96. The van der Waals surface area contributed by atoms with Crippen LogP contribution in [0.1, 0.15) is 45.8 Å². The summed E-state index contributed by atoms with van der Waals surface area (Å²) in [5.41, 5.74) is 0.898. The fourth-order valence-corrected chi connectivity index (χ4v) is 2.77. The third-order valence-electron chi connectivity index (χ3n) is 4.04. The maximum atomic E-state index is 12.1. The number of ether oxygens (including phenoxy) is 5. The topological polar surface area (TPSA) is 63.2 Å². The van der Waals surface area contributed by atoms with Crippen molar-refractivity contribution in [2.75, 3.05) is 20.3 Å². The van der Waals surface area contributed by atoms with Crippen molar-refractivity contribution in [2.45, 2.75) is 58.2 Å². The molecule has 140 valence electrons. The van der Waals surface area contributed by atoms with Crippen LogP contribution in [0.25, 0.3) is 0 Å². The van der Waals surface area contributed by atoms with E-state index in [1.165, 1.54) is 0 Å². The number of methoxy groups -OCH3 is 1. The van der Waals surface area contributed by atoms with Gasteiger partial charge in [-0.2, -0.15) is 0 Å². The first-order valence-electron chi connectivity index (χ1n) is 8.68. The molecule has 1 fully saturated rings. The molecule has 0 aromatic heterocycles. The Kier molecular flexibility index (Phi) is 6.81. The minimum Gasteiger partial charge on any atom is -0.497 e. The quantitative estimate of drug-likeness (QED) is 0.669. The van der Waals surface area contributed by atoms with Crippen LogP contribution in [0.5, 0.6) is 5.75 Å². The van der Waals surface area contributed by atoms with Crippen LogP contribution in [0.3, 0.4) is 0 Å². The van der Waals surface area contributed by atoms with Crippen LogP contribution in [0.15, 0.2) is 24.3 Å². The van der Waals surface area contributed by atoms with Crippen LogP contribution < -0.4 is 4.74 Å². The summed E-state index contributed by atoms with van der Waals surface area (Å²) < 4.78 is 28.1. The molecule has 0 amide bonds. The molecule has 0 unspecified atom stereocenters. The predicted octanol–water partition coefficient (Wildman–Crippen LogP) is 3.25. The Morgan fingerprint density at radius 3 is 2.44 bits per heavy atom. The van der Waals surface area contributed by atoms with E-state index in [1.54, 1.807) is 14.0 Å². The minimum atomic E-state index is -0.676. The van der Waals surface area contributed by atoms with Gasteiger partial charge in [0.2, 0.25) is 0 Å². The van der Waals surface area contributed by atoms with Crippen LogP contribution in [0, 0.1) is 0 Å². The molecule has 0 radical (unpaired) electrons. The first-order valence-corrected chi connectivity index (χ1v) is 8.68. The number of carbonyl (C=O) groups excluding carboxylic acids is 1. The highest BCUT2D eigenvalue weighted by Crippen LogP contribution is 2.35. The summed E-state index contributed by atoms with van der Waals surface area (Å²) in [5, 5.41) is 0. The predicted molar refractivity (Wildman–Crippen MR) is 92.4 cm³/mol. The van der Waals surface area contributed by atoms with Gasteiger partial charge in [0.05, 0.1) is 20.3 Å². The lowest BCUT2D eigenvalue weighted by Gasteiger charge is -2.28. The van der Waals surface area contributed by atoms with Gasteiger partial charge in [0.1, 0.15) is 18.0 Å². The molecule has 0 spiro atoms. The van der Waals surface area contributed by atoms with Gasteiger partial charge in [0, 0.05) is 0 Å². The van der Waals surface area contributed by atoms with Crippen molar-refractivity contribution in [3.05, 3.63) is 29.8 Å². The molecular formula is C19H28O6. The molecule has 3 atom stereocenters. The maximum Gasteiger partial charge on any atom is 0.335 e. The fourth-order valence-electron chi connectivity index (χ4n) is 2.77. The van der Waals surface area contributed by atoms with Gasteiger partial charge in [0.25, 0.3) is 0 Å². The highest BCUT2D eigenvalue weighted by Gasteiger charge is 2.40. The molecular weight excluding hydrogens is 324 g/mol. The van der Waals surface area contributed by atoms with E-state index in [0.29, 0.717) is 19.6 Å². The summed E-state index contributed by atoms with van der Waals surface area (Å²) in [6.45, 7) is 8.11. The number of rotatable bonds is 8. The van der Waals surface area contributed by atoms with Crippen LogP contribution in [0.4, 0.5) is 0 Å². The molecule has 1 saturated heterocycles. The molecule has 1 aliphatic heterocycles. The van der Waals surface area contributed by atoms with Crippen molar-refractivity contribution in [1.82, 2.24) is 0 Å². The van der Waals surface area contributed by atoms with Gasteiger partial charge in [-0.05, 0) is 44.9 Å².